The lowest BCUT2D eigenvalue weighted by atomic mass is 10.1. The average molecular weight is 448 g/mol. The van der Waals surface area contributed by atoms with Crippen LogP contribution in [0.4, 0.5) is 0 Å². The summed E-state index contributed by atoms with van der Waals surface area (Å²) < 4.78 is 7.44. The number of nitrogens with zero attached hydrogens (tertiary/aromatic N) is 5. The molecule has 8 nitrogen and oxygen atoms in total. The Labute approximate surface area is 183 Å². The van der Waals surface area contributed by atoms with Crippen LogP contribution in [0.2, 0.25) is 5.02 Å². The van der Waals surface area contributed by atoms with Gasteiger partial charge in [0.1, 0.15) is 10.8 Å². The zero-order valence-electron chi connectivity index (χ0n) is 16.7. The second kappa shape index (κ2) is 8.71. The van der Waals surface area contributed by atoms with Crippen molar-refractivity contribution in [3.8, 4) is 21.5 Å². The van der Waals surface area contributed by atoms with Crippen LogP contribution in [-0.2, 0) is 17.8 Å². The van der Waals surface area contributed by atoms with Crippen molar-refractivity contribution in [3.63, 3.8) is 0 Å². The van der Waals surface area contributed by atoms with Crippen LogP contribution in [0.5, 0.6) is 5.75 Å². The Balaban J connectivity index is 1.50. The molecule has 1 aliphatic rings. The Hall–Kier alpha value is -2.49. The Kier molecular flexibility index (Phi) is 6.03. The van der Waals surface area contributed by atoms with Crippen LogP contribution in [0, 0.1) is 0 Å². The van der Waals surface area contributed by atoms with Crippen LogP contribution >= 0.6 is 22.9 Å². The highest BCUT2D eigenvalue weighted by Crippen LogP contribution is 2.33. The zero-order valence-corrected chi connectivity index (χ0v) is 18.3. The van der Waals surface area contributed by atoms with Gasteiger partial charge in [0.15, 0.2) is 0 Å². The van der Waals surface area contributed by atoms with Crippen LogP contribution in [0.3, 0.4) is 0 Å². The molecule has 0 saturated carbocycles. The molecule has 4 rings (SSSR count). The molecule has 158 valence electrons. The largest absolute Gasteiger partial charge is 0.489 e. The van der Waals surface area contributed by atoms with Crippen LogP contribution in [0.1, 0.15) is 31.5 Å². The maximum Gasteiger partial charge on any atom is 0.304 e. The predicted octanol–water partition coefficient (Wildman–Crippen LogP) is 3.66. The van der Waals surface area contributed by atoms with E-state index in [0.717, 1.165) is 34.8 Å². The van der Waals surface area contributed by atoms with Crippen LogP contribution in [0.25, 0.3) is 15.7 Å². The molecule has 0 fully saturated rings. The van der Waals surface area contributed by atoms with Gasteiger partial charge in [-0.1, -0.05) is 22.9 Å². The first-order valence-corrected chi connectivity index (χ1v) is 10.9. The van der Waals surface area contributed by atoms with E-state index in [0.29, 0.717) is 29.0 Å². The standard InChI is InChI=1S/C20H22ClN5O3S/c1-12(2)29-17-4-3-13(9-15(17)21)19-22-23-20(30-19)26-11-14-10-25(8-6-18(27)28)7-5-16(14)24-26/h3-4,9,11-12H,5-8,10H2,1-2H3,(H,27,28). The molecule has 2 aromatic heterocycles. The summed E-state index contributed by atoms with van der Waals surface area (Å²) >= 11 is 7.78. The van der Waals surface area contributed by atoms with Gasteiger partial charge in [-0.15, -0.1) is 10.2 Å². The third-order valence-corrected chi connectivity index (χ3v) is 5.99. The van der Waals surface area contributed by atoms with Gasteiger partial charge < -0.3 is 9.84 Å². The molecule has 10 heteroatoms. The Morgan fingerprint density at radius 2 is 2.20 bits per heavy atom. The maximum atomic E-state index is 10.8. The summed E-state index contributed by atoms with van der Waals surface area (Å²) in [7, 11) is 0. The molecular formula is C20H22ClN5O3S. The quantitative estimate of drug-likeness (QED) is 0.590. The summed E-state index contributed by atoms with van der Waals surface area (Å²) in [6.45, 7) is 5.95. The number of carboxylic acid groups (broad SMARTS) is 1. The minimum absolute atomic E-state index is 0.0485. The molecule has 0 bridgehead atoms. The highest BCUT2D eigenvalue weighted by Gasteiger charge is 2.21. The molecule has 3 aromatic rings. The normalized spacial score (nSPS) is 14.1. The van der Waals surface area contributed by atoms with Crippen LogP contribution in [-0.4, -0.2) is 55.1 Å². The van der Waals surface area contributed by atoms with Crippen molar-refractivity contribution in [1.29, 1.82) is 0 Å². The van der Waals surface area contributed by atoms with Crippen molar-refractivity contribution in [1.82, 2.24) is 24.9 Å². The van der Waals surface area contributed by atoms with E-state index in [9.17, 15) is 4.79 Å². The van der Waals surface area contributed by atoms with Crippen molar-refractivity contribution < 1.29 is 14.6 Å². The first kappa shape index (κ1) is 20.8. The van der Waals surface area contributed by atoms with Crippen molar-refractivity contribution in [2.75, 3.05) is 13.1 Å². The lowest BCUT2D eigenvalue weighted by molar-refractivity contribution is -0.137. The van der Waals surface area contributed by atoms with Crippen molar-refractivity contribution >= 4 is 28.9 Å². The highest BCUT2D eigenvalue weighted by molar-refractivity contribution is 7.17. The number of hydrogen-bond donors (Lipinski definition) is 1. The summed E-state index contributed by atoms with van der Waals surface area (Å²) in [6, 6.07) is 5.59. The van der Waals surface area contributed by atoms with Crippen LogP contribution < -0.4 is 4.74 Å². The SMILES string of the molecule is CC(C)Oc1ccc(-c2nnc(-n3cc4c(n3)CCN(CCC(=O)O)C4)s2)cc1Cl. The third kappa shape index (κ3) is 4.63. The maximum absolute atomic E-state index is 10.8. The Morgan fingerprint density at radius 1 is 1.37 bits per heavy atom. The first-order chi connectivity index (χ1) is 14.4. The molecule has 0 aliphatic carbocycles. The lowest BCUT2D eigenvalue weighted by Gasteiger charge is -2.25. The fraction of sp³-hybridized carbons (Fsp3) is 0.400. The number of ether oxygens (including phenoxy) is 1. The number of rotatable bonds is 7. The van der Waals surface area contributed by atoms with E-state index in [-0.39, 0.29) is 12.5 Å². The Bertz CT molecular complexity index is 1060. The van der Waals surface area contributed by atoms with Gasteiger partial charge in [0.05, 0.1) is 23.2 Å². The molecule has 0 radical (unpaired) electrons. The predicted molar refractivity (Wildman–Crippen MR) is 114 cm³/mol. The van der Waals surface area contributed by atoms with E-state index < -0.39 is 5.97 Å². The van der Waals surface area contributed by atoms with E-state index in [1.807, 2.05) is 38.2 Å². The van der Waals surface area contributed by atoms with E-state index in [1.54, 1.807) is 4.68 Å². The monoisotopic (exact) mass is 447 g/mol. The van der Waals surface area contributed by atoms with Gasteiger partial charge in [-0.05, 0) is 32.0 Å². The second-order valence-electron chi connectivity index (χ2n) is 7.42. The number of aromatic nitrogens is 4. The molecule has 3 heterocycles. The summed E-state index contributed by atoms with van der Waals surface area (Å²) in [5, 5.41) is 24.1. The van der Waals surface area contributed by atoms with Gasteiger partial charge in [0.2, 0.25) is 5.13 Å². The second-order valence-corrected chi connectivity index (χ2v) is 8.78. The number of halogens is 1. The lowest BCUT2D eigenvalue weighted by Crippen LogP contribution is -2.31. The summed E-state index contributed by atoms with van der Waals surface area (Å²) in [6.07, 6.45) is 2.94. The number of benzene rings is 1. The zero-order chi connectivity index (χ0) is 21.3. The van der Waals surface area contributed by atoms with E-state index in [1.165, 1.54) is 11.3 Å². The summed E-state index contributed by atoms with van der Waals surface area (Å²) in [5.74, 6) is -0.130. The molecule has 0 atom stereocenters. The van der Waals surface area contributed by atoms with Gasteiger partial charge in [0.25, 0.3) is 0 Å². The third-order valence-electron chi connectivity index (χ3n) is 4.73. The molecule has 30 heavy (non-hydrogen) atoms. The first-order valence-electron chi connectivity index (χ1n) is 9.71. The van der Waals surface area contributed by atoms with Gasteiger partial charge >= 0.3 is 5.97 Å². The average Bonchev–Trinajstić information content (AvgIpc) is 3.34. The topological polar surface area (TPSA) is 93.4 Å². The number of aliphatic carboxylic acids is 1. The van der Waals surface area contributed by atoms with E-state index in [4.69, 9.17) is 21.4 Å². The minimum Gasteiger partial charge on any atom is -0.489 e. The number of carbonyl (C=O) groups is 1. The molecule has 0 amide bonds. The molecule has 1 aliphatic heterocycles. The number of fused-ring (bicyclic) bond motifs is 1. The van der Waals surface area contributed by atoms with Crippen molar-refractivity contribution in [3.05, 3.63) is 40.7 Å². The van der Waals surface area contributed by atoms with Gasteiger partial charge in [-0.3, -0.25) is 9.69 Å². The van der Waals surface area contributed by atoms with Gasteiger partial charge in [0, 0.05) is 43.4 Å². The Morgan fingerprint density at radius 3 is 2.93 bits per heavy atom. The fourth-order valence-corrected chi connectivity index (χ4v) is 4.32. The number of hydrogen-bond acceptors (Lipinski definition) is 7. The van der Waals surface area contributed by atoms with Crippen molar-refractivity contribution in [2.24, 2.45) is 0 Å². The fourth-order valence-electron chi connectivity index (χ4n) is 3.32. The molecule has 1 N–H and O–H groups in total. The van der Waals surface area contributed by atoms with E-state index in [2.05, 4.69) is 20.2 Å². The molecule has 0 unspecified atom stereocenters. The summed E-state index contributed by atoms with van der Waals surface area (Å²) in [5.41, 5.74) is 3.00. The smallest absolute Gasteiger partial charge is 0.304 e. The minimum atomic E-state index is -0.776. The van der Waals surface area contributed by atoms with Crippen LogP contribution in [0.15, 0.2) is 24.4 Å². The summed E-state index contributed by atoms with van der Waals surface area (Å²) in [4.78, 5) is 12.9. The molecular weight excluding hydrogens is 426 g/mol. The van der Waals surface area contributed by atoms with Gasteiger partial charge in [-0.2, -0.15) is 5.10 Å². The number of carboxylic acids is 1. The van der Waals surface area contributed by atoms with Gasteiger partial charge in [-0.25, -0.2) is 4.68 Å². The highest BCUT2D eigenvalue weighted by atomic mass is 35.5. The molecule has 0 saturated heterocycles. The molecule has 1 aromatic carbocycles. The van der Waals surface area contributed by atoms with Crippen molar-refractivity contribution in [2.45, 2.75) is 39.3 Å². The van der Waals surface area contributed by atoms with E-state index >= 15 is 0 Å². The molecule has 0 spiro atoms.